The number of hydrogen-bond donors (Lipinski definition) is 2. The van der Waals surface area contributed by atoms with E-state index in [0.29, 0.717) is 23.3 Å². The molecule has 1 heterocycles. The Balaban J connectivity index is 1.73. The molecule has 0 fully saturated rings. The number of carbonyl (C=O) groups is 4. The zero-order chi connectivity index (χ0) is 35.7. The lowest BCUT2D eigenvalue weighted by Gasteiger charge is -2.25. The third-order valence-electron chi connectivity index (χ3n) is 7.34. The number of unbranched alkanes of at least 4 members (excludes halogenated alkanes) is 11. The average molecular weight is 673 g/mol. The van der Waals surface area contributed by atoms with E-state index >= 15 is 0 Å². The highest BCUT2D eigenvalue weighted by Gasteiger charge is 2.24. The first kappa shape index (κ1) is 40.2. The SMILES string of the molecule is CC(C)(C)OC(=O)CCCCCCCCCCCCCCC(=O)N(CC(=O)OC(C)(C)C)c1ccc(C(=O)On2c(O)ccc2O)cc1. The molecule has 48 heavy (non-hydrogen) atoms. The van der Waals surface area contributed by atoms with E-state index in [1.807, 2.05) is 20.8 Å². The fourth-order valence-electron chi connectivity index (χ4n) is 5.08. The summed E-state index contributed by atoms with van der Waals surface area (Å²) in [6.07, 6.45) is 13.6. The lowest BCUT2D eigenvalue weighted by Crippen LogP contribution is -2.38. The summed E-state index contributed by atoms with van der Waals surface area (Å²) >= 11 is 0. The van der Waals surface area contributed by atoms with Crippen LogP contribution in [0.4, 0.5) is 5.69 Å². The molecule has 2 aromatic rings. The van der Waals surface area contributed by atoms with Crippen LogP contribution in [-0.2, 0) is 23.9 Å². The molecule has 0 saturated carbocycles. The largest absolute Gasteiger partial charge is 0.492 e. The molecule has 2 rings (SSSR count). The molecule has 0 aliphatic heterocycles. The van der Waals surface area contributed by atoms with Gasteiger partial charge >= 0.3 is 17.9 Å². The number of hydrogen-bond acceptors (Lipinski definition) is 9. The molecular weight excluding hydrogens is 616 g/mol. The van der Waals surface area contributed by atoms with Crippen molar-refractivity contribution in [3.8, 4) is 11.8 Å². The van der Waals surface area contributed by atoms with Crippen LogP contribution in [0.25, 0.3) is 0 Å². The molecule has 11 nitrogen and oxygen atoms in total. The van der Waals surface area contributed by atoms with Gasteiger partial charge < -0.3 is 29.4 Å². The van der Waals surface area contributed by atoms with Crippen molar-refractivity contribution in [1.29, 1.82) is 0 Å². The van der Waals surface area contributed by atoms with Gasteiger partial charge in [0.1, 0.15) is 17.7 Å². The Hall–Kier alpha value is -4.02. The van der Waals surface area contributed by atoms with Crippen molar-refractivity contribution in [2.45, 2.75) is 143 Å². The van der Waals surface area contributed by atoms with E-state index in [1.54, 1.807) is 20.8 Å². The highest BCUT2D eigenvalue weighted by atomic mass is 16.7. The van der Waals surface area contributed by atoms with Crippen LogP contribution in [0.1, 0.15) is 142 Å². The number of aromatic hydroxyl groups is 2. The highest BCUT2D eigenvalue weighted by molar-refractivity contribution is 5.98. The maximum absolute atomic E-state index is 13.3. The normalized spacial score (nSPS) is 11.6. The van der Waals surface area contributed by atoms with Crippen LogP contribution in [0, 0.1) is 0 Å². The Morgan fingerprint density at radius 1 is 0.604 bits per heavy atom. The Morgan fingerprint density at radius 3 is 1.48 bits per heavy atom. The summed E-state index contributed by atoms with van der Waals surface area (Å²) in [6, 6.07) is 8.32. The first-order valence-electron chi connectivity index (χ1n) is 17.2. The lowest BCUT2D eigenvalue weighted by atomic mass is 10.0. The molecule has 2 N–H and O–H groups in total. The second-order valence-electron chi connectivity index (χ2n) is 14.2. The van der Waals surface area contributed by atoms with Gasteiger partial charge in [-0.05, 0) is 78.6 Å². The highest BCUT2D eigenvalue weighted by Crippen LogP contribution is 2.22. The molecule has 268 valence electrons. The summed E-state index contributed by atoms with van der Waals surface area (Å²) < 4.78 is 11.4. The number of rotatable bonds is 20. The molecule has 0 saturated heterocycles. The summed E-state index contributed by atoms with van der Waals surface area (Å²) in [7, 11) is 0. The fraction of sp³-hybridized carbons (Fsp3) is 0.622. The van der Waals surface area contributed by atoms with Gasteiger partial charge in [0.25, 0.3) is 0 Å². The Labute approximate surface area is 285 Å². The second-order valence-corrected chi connectivity index (χ2v) is 14.2. The standard InChI is InChI=1S/C37H56N2O9/c1-36(2,3)46-33(43)20-18-16-14-12-10-8-7-9-11-13-15-17-19-30(40)38(27-34(44)47-37(4,5)6)29-23-21-28(22-24-29)35(45)48-39-31(41)25-26-32(39)42/h21-26,41-42H,7-20,27H2,1-6H3. The van der Waals surface area contributed by atoms with Crippen molar-refractivity contribution >= 4 is 29.5 Å². The third kappa shape index (κ3) is 16.2. The lowest BCUT2D eigenvalue weighted by molar-refractivity contribution is -0.155. The molecule has 0 aliphatic carbocycles. The predicted molar refractivity (Wildman–Crippen MR) is 184 cm³/mol. The minimum atomic E-state index is -0.833. The molecule has 0 atom stereocenters. The number of carbonyl (C=O) groups excluding carboxylic acids is 4. The van der Waals surface area contributed by atoms with Crippen molar-refractivity contribution in [1.82, 2.24) is 4.73 Å². The average Bonchev–Trinajstić information content (AvgIpc) is 3.30. The smallest absolute Gasteiger partial charge is 0.363 e. The fourth-order valence-corrected chi connectivity index (χ4v) is 5.08. The summed E-state index contributed by atoms with van der Waals surface area (Å²) in [6.45, 7) is 10.7. The van der Waals surface area contributed by atoms with Crippen LogP contribution < -0.4 is 9.74 Å². The number of anilines is 1. The van der Waals surface area contributed by atoms with Gasteiger partial charge in [0.05, 0.1) is 5.56 Å². The van der Waals surface area contributed by atoms with E-state index in [1.165, 1.54) is 67.0 Å². The first-order chi connectivity index (χ1) is 22.6. The van der Waals surface area contributed by atoms with E-state index in [9.17, 15) is 29.4 Å². The number of benzene rings is 1. The van der Waals surface area contributed by atoms with Crippen LogP contribution in [-0.4, -0.2) is 56.5 Å². The first-order valence-corrected chi connectivity index (χ1v) is 17.2. The topological polar surface area (TPSA) is 145 Å². The number of ether oxygens (including phenoxy) is 2. The van der Waals surface area contributed by atoms with E-state index in [4.69, 9.17) is 14.3 Å². The minimum absolute atomic E-state index is 0.114. The summed E-state index contributed by atoms with van der Waals surface area (Å²) in [4.78, 5) is 56.6. The van der Waals surface area contributed by atoms with Gasteiger partial charge in [0, 0.05) is 30.7 Å². The molecular formula is C37H56N2O9. The Bertz CT molecular complexity index is 1280. The van der Waals surface area contributed by atoms with E-state index in [0.717, 1.165) is 44.9 Å². The molecule has 0 spiro atoms. The maximum Gasteiger partial charge on any atom is 0.363 e. The van der Waals surface area contributed by atoms with E-state index in [-0.39, 0.29) is 30.4 Å². The predicted octanol–water partition coefficient (Wildman–Crippen LogP) is 7.65. The van der Waals surface area contributed by atoms with Gasteiger partial charge in [0.2, 0.25) is 17.7 Å². The monoisotopic (exact) mass is 672 g/mol. The van der Waals surface area contributed by atoms with Crippen LogP contribution in [0.3, 0.4) is 0 Å². The molecule has 0 radical (unpaired) electrons. The van der Waals surface area contributed by atoms with Crippen molar-refractivity contribution in [2.75, 3.05) is 11.4 Å². The van der Waals surface area contributed by atoms with Crippen molar-refractivity contribution in [3.63, 3.8) is 0 Å². The van der Waals surface area contributed by atoms with E-state index in [2.05, 4.69) is 0 Å². The molecule has 1 aromatic heterocycles. The van der Waals surface area contributed by atoms with Crippen molar-refractivity contribution in [3.05, 3.63) is 42.0 Å². The minimum Gasteiger partial charge on any atom is -0.492 e. The number of aromatic nitrogens is 1. The Kier molecular flexibility index (Phi) is 16.5. The number of amides is 1. The van der Waals surface area contributed by atoms with Crippen LogP contribution in [0.5, 0.6) is 11.8 Å². The zero-order valence-electron chi connectivity index (χ0n) is 29.7. The zero-order valence-corrected chi connectivity index (χ0v) is 29.7. The van der Waals surface area contributed by atoms with Gasteiger partial charge in [-0.1, -0.05) is 64.2 Å². The van der Waals surface area contributed by atoms with Gasteiger partial charge in [-0.2, -0.15) is 0 Å². The van der Waals surface area contributed by atoms with Gasteiger partial charge in [-0.15, -0.1) is 4.73 Å². The number of esters is 2. The molecule has 0 aliphatic rings. The summed E-state index contributed by atoms with van der Waals surface area (Å²) in [5.74, 6) is -2.59. The summed E-state index contributed by atoms with van der Waals surface area (Å²) in [5.41, 5.74) is -0.582. The molecule has 1 aromatic carbocycles. The van der Waals surface area contributed by atoms with Crippen LogP contribution >= 0.6 is 0 Å². The van der Waals surface area contributed by atoms with Gasteiger partial charge in [-0.25, -0.2) is 4.79 Å². The van der Waals surface area contributed by atoms with Gasteiger partial charge in [0.15, 0.2) is 0 Å². The molecule has 11 heteroatoms. The summed E-state index contributed by atoms with van der Waals surface area (Å²) in [5, 5.41) is 19.4. The Morgan fingerprint density at radius 2 is 1.02 bits per heavy atom. The maximum atomic E-state index is 13.3. The second kappa shape index (κ2) is 19.7. The van der Waals surface area contributed by atoms with Crippen LogP contribution in [0.2, 0.25) is 0 Å². The van der Waals surface area contributed by atoms with Crippen LogP contribution in [0.15, 0.2) is 36.4 Å². The molecule has 0 unspecified atom stereocenters. The van der Waals surface area contributed by atoms with E-state index < -0.39 is 34.9 Å². The molecule has 0 bridgehead atoms. The third-order valence-corrected chi connectivity index (χ3v) is 7.34. The van der Waals surface area contributed by atoms with Gasteiger partial charge in [-0.3, -0.25) is 14.4 Å². The quantitative estimate of drug-likeness (QED) is 0.107. The van der Waals surface area contributed by atoms with Crippen molar-refractivity contribution < 1.29 is 43.7 Å². The molecule has 1 amide bonds. The van der Waals surface area contributed by atoms with Crippen molar-refractivity contribution in [2.24, 2.45) is 0 Å². The number of nitrogens with zero attached hydrogens (tertiary/aromatic N) is 2.